The number of sulfone groups is 1. The third kappa shape index (κ3) is 8.10. The summed E-state index contributed by atoms with van der Waals surface area (Å²) >= 11 is 0. The van der Waals surface area contributed by atoms with Crippen molar-refractivity contribution in [3.8, 4) is 5.75 Å². The van der Waals surface area contributed by atoms with Crippen molar-refractivity contribution in [1.29, 1.82) is 0 Å². The zero-order valence-corrected chi connectivity index (χ0v) is 25.2. The number of anilines is 1. The van der Waals surface area contributed by atoms with E-state index in [0.717, 1.165) is 24.2 Å². The van der Waals surface area contributed by atoms with Crippen LogP contribution in [0, 0.1) is 0 Å². The van der Waals surface area contributed by atoms with Gasteiger partial charge in [-0.1, -0.05) is 26.0 Å². The Hall–Kier alpha value is -4.06. The van der Waals surface area contributed by atoms with Crippen molar-refractivity contribution >= 4 is 27.4 Å². The Labute approximate surface area is 254 Å². The number of carboxylic acid groups (broad SMARTS) is 1. The summed E-state index contributed by atoms with van der Waals surface area (Å²) in [6.07, 6.45) is -3.22. The average Bonchev–Trinajstić information content (AvgIpc) is 3.41. The number of carbonyl (C=O) groups excluding carboxylic acids is 1. The van der Waals surface area contributed by atoms with Crippen molar-refractivity contribution in [2.45, 2.75) is 68.8 Å². The van der Waals surface area contributed by atoms with Crippen LogP contribution in [0.1, 0.15) is 67.1 Å². The molecule has 1 aliphatic heterocycles. The number of alkyl halides is 3. The second-order valence-electron chi connectivity index (χ2n) is 10.7. The van der Waals surface area contributed by atoms with E-state index in [9.17, 15) is 36.3 Å². The molecule has 0 bridgehead atoms. The van der Waals surface area contributed by atoms with E-state index in [1.807, 2.05) is 19.1 Å². The Morgan fingerprint density at radius 2 is 1.64 bits per heavy atom. The van der Waals surface area contributed by atoms with Gasteiger partial charge in [0.1, 0.15) is 11.9 Å². The number of carboxylic acids is 1. The maximum absolute atomic E-state index is 13.2. The molecule has 1 heterocycles. The molecule has 0 aliphatic carbocycles. The molecule has 1 aliphatic rings. The topological polar surface area (TPSA) is 113 Å². The number of amides is 1. The summed E-state index contributed by atoms with van der Waals surface area (Å²) in [4.78, 5) is 26.7. The van der Waals surface area contributed by atoms with Gasteiger partial charge >= 0.3 is 12.1 Å². The summed E-state index contributed by atoms with van der Waals surface area (Å²) in [6.45, 7) is 4.11. The molecule has 0 saturated carbocycles. The second-order valence-corrected chi connectivity index (χ2v) is 13.0. The third-order valence-electron chi connectivity index (χ3n) is 7.77. The molecular formula is C32H35F3N2O6S. The largest absolute Gasteiger partial charge is 0.489 e. The molecule has 3 aromatic rings. The van der Waals surface area contributed by atoms with Gasteiger partial charge in [-0.25, -0.2) is 8.42 Å². The first kappa shape index (κ1) is 32.8. The third-order valence-corrected chi connectivity index (χ3v) is 9.52. The standard InChI is InChI=1S/C32H35F3N2O6S/c1-3-24-19-27(43-26-13-9-23(10-14-26)32(33,34)35)20-37(24)25-11-5-22(6-12-25)31(40)36-29(17-18-30(38)39)21-7-15-28(16-8-21)44(41,42)4-2/h5-16,24,27,29H,3-4,17-20H2,1-2H3,(H,36,40)(H,38,39)/t24-,27+,29+/m1/s1. The summed E-state index contributed by atoms with van der Waals surface area (Å²) in [5.74, 6) is -1.11. The lowest BCUT2D eigenvalue weighted by atomic mass is 10.0. The van der Waals surface area contributed by atoms with Gasteiger partial charge < -0.3 is 20.1 Å². The van der Waals surface area contributed by atoms with Gasteiger partial charge in [-0.05, 0) is 79.1 Å². The fourth-order valence-corrected chi connectivity index (χ4v) is 6.17. The Kier molecular flexibility index (Phi) is 10.2. The average molecular weight is 633 g/mol. The second kappa shape index (κ2) is 13.7. The Bertz CT molecular complexity index is 1540. The SMILES string of the molecule is CC[C@@H]1C[C@H](Oc2ccc(C(F)(F)F)cc2)CN1c1ccc(C(=O)N[C@@H](CCC(=O)O)c2ccc(S(=O)(=O)CC)cc2)cc1. The molecule has 0 spiro atoms. The van der Waals surface area contributed by atoms with E-state index in [-0.39, 0.29) is 35.6 Å². The highest BCUT2D eigenvalue weighted by molar-refractivity contribution is 7.91. The number of benzene rings is 3. The molecule has 1 amide bonds. The van der Waals surface area contributed by atoms with Crippen LogP contribution in [-0.4, -0.2) is 49.8 Å². The number of carbonyl (C=O) groups is 2. The summed E-state index contributed by atoms with van der Waals surface area (Å²) in [6, 6.07) is 17.2. The fraction of sp³-hybridized carbons (Fsp3) is 0.375. The number of hydrogen-bond donors (Lipinski definition) is 2. The van der Waals surface area contributed by atoms with Crippen molar-refractivity contribution in [3.63, 3.8) is 0 Å². The van der Waals surface area contributed by atoms with Crippen LogP contribution in [0.2, 0.25) is 0 Å². The summed E-state index contributed by atoms with van der Waals surface area (Å²) < 4.78 is 69.0. The maximum atomic E-state index is 13.2. The van der Waals surface area contributed by atoms with E-state index >= 15 is 0 Å². The first-order valence-electron chi connectivity index (χ1n) is 14.4. The van der Waals surface area contributed by atoms with Crippen LogP contribution in [0.25, 0.3) is 0 Å². The van der Waals surface area contributed by atoms with E-state index in [4.69, 9.17) is 4.74 Å². The number of aliphatic carboxylic acids is 1. The summed E-state index contributed by atoms with van der Waals surface area (Å²) in [5, 5.41) is 12.1. The molecule has 0 aromatic heterocycles. The fourth-order valence-electron chi connectivity index (χ4n) is 5.29. The van der Waals surface area contributed by atoms with Crippen molar-refractivity contribution in [1.82, 2.24) is 5.32 Å². The molecule has 1 fully saturated rings. The first-order chi connectivity index (χ1) is 20.8. The van der Waals surface area contributed by atoms with E-state index in [2.05, 4.69) is 10.2 Å². The van der Waals surface area contributed by atoms with Gasteiger partial charge in [-0.15, -0.1) is 0 Å². The van der Waals surface area contributed by atoms with Gasteiger partial charge in [-0.3, -0.25) is 9.59 Å². The molecule has 236 valence electrons. The van der Waals surface area contributed by atoms with Crippen molar-refractivity contribution in [2.24, 2.45) is 0 Å². The zero-order valence-electron chi connectivity index (χ0n) is 24.4. The van der Waals surface area contributed by atoms with E-state index in [0.29, 0.717) is 29.8 Å². The normalized spacial score (nSPS) is 17.7. The van der Waals surface area contributed by atoms with Crippen molar-refractivity contribution < 1.29 is 41.0 Å². The number of ether oxygens (including phenoxy) is 1. The van der Waals surface area contributed by atoms with Crippen LogP contribution in [0.4, 0.5) is 18.9 Å². The number of hydrogen-bond acceptors (Lipinski definition) is 6. The minimum Gasteiger partial charge on any atom is -0.489 e. The van der Waals surface area contributed by atoms with Crippen LogP contribution < -0.4 is 15.0 Å². The molecule has 2 N–H and O–H groups in total. The lowest BCUT2D eigenvalue weighted by molar-refractivity contribution is -0.138. The quantitative estimate of drug-likeness (QED) is 0.242. The molecular weight excluding hydrogens is 597 g/mol. The molecule has 12 heteroatoms. The minimum atomic E-state index is -4.41. The molecule has 0 unspecified atom stereocenters. The molecule has 4 rings (SSSR count). The number of halogens is 3. The lowest BCUT2D eigenvalue weighted by Gasteiger charge is -2.26. The van der Waals surface area contributed by atoms with E-state index in [1.54, 1.807) is 31.2 Å². The van der Waals surface area contributed by atoms with Crippen LogP contribution in [0.3, 0.4) is 0 Å². The Balaban J connectivity index is 1.43. The predicted octanol–water partition coefficient (Wildman–Crippen LogP) is 6.27. The first-order valence-corrected chi connectivity index (χ1v) is 16.0. The summed E-state index contributed by atoms with van der Waals surface area (Å²) in [7, 11) is -3.41. The smallest absolute Gasteiger partial charge is 0.416 e. The molecule has 1 saturated heterocycles. The van der Waals surface area contributed by atoms with Gasteiger partial charge in [0, 0.05) is 30.1 Å². The monoisotopic (exact) mass is 632 g/mol. The zero-order chi connectivity index (χ0) is 32.1. The highest BCUT2D eigenvalue weighted by Gasteiger charge is 2.33. The van der Waals surface area contributed by atoms with Gasteiger partial charge in [0.15, 0.2) is 9.84 Å². The highest BCUT2D eigenvalue weighted by atomic mass is 32.2. The lowest BCUT2D eigenvalue weighted by Crippen LogP contribution is -2.30. The van der Waals surface area contributed by atoms with Gasteiger partial charge in [-0.2, -0.15) is 13.2 Å². The van der Waals surface area contributed by atoms with Crippen LogP contribution in [0.15, 0.2) is 77.7 Å². The van der Waals surface area contributed by atoms with Crippen LogP contribution in [-0.2, 0) is 20.8 Å². The Morgan fingerprint density at radius 1 is 1.00 bits per heavy atom. The molecule has 8 nitrogen and oxygen atoms in total. The van der Waals surface area contributed by atoms with Gasteiger partial charge in [0.2, 0.25) is 0 Å². The molecule has 44 heavy (non-hydrogen) atoms. The molecule has 0 radical (unpaired) electrons. The summed E-state index contributed by atoms with van der Waals surface area (Å²) in [5.41, 5.74) is 1.08. The highest BCUT2D eigenvalue weighted by Crippen LogP contribution is 2.33. The predicted molar refractivity (Wildman–Crippen MR) is 160 cm³/mol. The molecule has 3 atom stereocenters. The minimum absolute atomic E-state index is 0.0508. The van der Waals surface area contributed by atoms with Crippen LogP contribution in [0.5, 0.6) is 5.75 Å². The number of nitrogens with one attached hydrogen (secondary N) is 1. The van der Waals surface area contributed by atoms with Gasteiger partial charge in [0.25, 0.3) is 5.91 Å². The van der Waals surface area contributed by atoms with E-state index in [1.165, 1.54) is 24.3 Å². The van der Waals surface area contributed by atoms with Crippen LogP contribution >= 0.6 is 0 Å². The maximum Gasteiger partial charge on any atom is 0.416 e. The van der Waals surface area contributed by atoms with E-state index < -0.39 is 39.5 Å². The number of nitrogens with zero attached hydrogens (tertiary/aromatic N) is 1. The van der Waals surface area contributed by atoms with Gasteiger partial charge in [0.05, 0.1) is 28.8 Å². The molecule has 3 aromatic carbocycles. The Morgan fingerprint density at radius 3 is 2.18 bits per heavy atom. The number of rotatable bonds is 12. The van der Waals surface area contributed by atoms with Crippen molar-refractivity contribution in [2.75, 3.05) is 17.2 Å². The van der Waals surface area contributed by atoms with Crippen molar-refractivity contribution in [3.05, 3.63) is 89.5 Å².